The van der Waals surface area contributed by atoms with Crippen LogP contribution in [0.3, 0.4) is 0 Å². The van der Waals surface area contributed by atoms with Crippen molar-refractivity contribution in [1.82, 2.24) is 4.90 Å². The standard InChI is InChI=1S/C15H21F3N2O/c1-10(7-14(21)20(3)11(2)9-19)12-5-4-6-13(8-12)15(16,17)18/h4-6,8,10-11H,7,9,19H2,1-3H3. The van der Waals surface area contributed by atoms with Gasteiger partial charge in [0.25, 0.3) is 0 Å². The van der Waals surface area contributed by atoms with Crippen LogP contribution in [0.5, 0.6) is 0 Å². The molecule has 2 unspecified atom stereocenters. The van der Waals surface area contributed by atoms with Crippen molar-refractivity contribution in [3.8, 4) is 0 Å². The van der Waals surface area contributed by atoms with Crippen molar-refractivity contribution in [2.24, 2.45) is 5.73 Å². The molecule has 1 amide bonds. The van der Waals surface area contributed by atoms with Crippen molar-refractivity contribution < 1.29 is 18.0 Å². The Labute approximate surface area is 122 Å². The van der Waals surface area contributed by atoms with E-state index in [9.17, 15) is 18.0 Å². The summed E-state index contributed by atoms with van der Waals surface area (Å²) in [6, 6.07) is 5.02. The summed E-state index contributed by atoms with van der Waals surface area (Å²) in [5.41, 5.74) is 5.32. The van der Waals surface area contributed by atoms with Crippen LogP contribution in [0.1, 0.15) is 37.3 Å². The first-order valence-electron chi connectivity index (χ1n) is 6.79. The molecule has 0 heterocycles. The number of nitrogens with zero attached hydrogens (tertiary/aromatic N) is 1. The van der Waals surface area contributed by atoms with Crippen molar-refractivity contribution in [2.45, 2.75) is 38.4 Å². The van der Waals surface area contributed by atoms with Crippen molar-refractivity contribution in [3.05, 3.63) is 35.4 Å². The van der Waals surface area contributed by atoms with Crippen LogP contribution in [0, 0.1) is 0 Å². The van der Waals surface area contributed by atoms with Crippen molar-refractivity contribution >= 4 is 5.91 Å². The van der Waals surface area contributed by atoms with Gasteiger partial charge in [-0.1, -0.05) is 25.1 Å². The highest BCUT2D eigenvalue weighted by Crippen LogP contribution is 2.31. The molecule has 0 saturated heterocycles. The van der Waals surface area contributed by atoms with Gasteiger partial charge in [0.2, 0.25) is 5.91 Å². The maximum Gasteiger partial charge on any atom is 0.416 e. The van der Waals surface area contributed by atoms with Gasteiger partial charge in [0.1, 0.15) is 0 Å². The molecule has 1 rings (SSSR count). The summed E-state index contributed by atoms with van der Waals surface area (Å²) in [6.45, 7) is 3.92. The molecule has 0 aliphatic heterocycles. The molecule has 0 fully saturated rings. The van der Waals surface area contributed by atoms with Gasteiger partial charge in [-0.25, -0.2) is 0 Å². The molecule has 0 spiro atoms. The fourth-order valence-corrected chi connectivity index (χ4v) is 1.95. The van der Waals surface area contributed by atoms with Crippen molar-refractivity contribution in [2.75, 3.05) is 13.6 Å². The van der Waals surface area contributed by atoms with E-state index in [-0.39, 0.29) is 24.3 Å². The Balaban J connectivity index is 2.81. The second-order valence-corrected chi connectivity index (χ2v) is 5.32. The first kappa shape index (κ1) is 17.5. The molecule has 0 bridgehead atoms. The van der Waals surface area contributed by atoms with Gasteiger partial charge >= 0.3 is 6.18 Å². The lowest BCUT2D eigenvalue weighted by atomic mass is 9.95. The zero-order valence-electron chi connectivity index (χ0n) is 12.4. The number of carbonyl (C=O) groups excluding carboxylic acids is 1. The zero-order valence-corrected chi connectivity index (χ0v) is 12.4. The van der Waals surface area contributed by atoms with E-state index in [0.29, 0.717) is 12.1 Å². The van der Waals surface area contributed by atoms with E-state index in [2.05, 4.69) is 0 Å². The highest BCUT2D eigenvalue weighted by atomic mass is 19.4. The van der Waals surface area contributed by atoms with Crippen LogP contribution in [0.15, 0.2) is 24.3 Å². The van der Waals surface area contributed by atoms with E-state index in [1.807, 2.05) is 6.92 Å². The molecular weight excluding hydrogens is 281 g/mol. The molecule has 0 aliphatic rings. The molecule has 2 atom stereocenters. The lowest BCUT2D eigenvalue weighted by Crippen LogP contribution is -2.40. The van der Waals surface area contributed by atoms with Crippen molar-refractivity contribution in [1.29, 1.82) is 0 Å². The van der Waals surface area contributed by atoms with Crippen LogP contribution < -0.4 is 5.73 Å². The van der Waals surface area contributed by atoms with Gasteiger partial charge in [-0.15, -0.1) is 0 Å². The normalized spacial score (nSPS) is 14.6. The summed E-state index contributed by atoms with van der Waals surface area (Å²) in [7, 11) is 1.65. The third kappa shape index (κ3) is 4.74. The van der Waals surface area contributed by atoms with Gasteiger partial charge in [0.15, 0.2) is 0 Å². The Kier molecular flexibility index (Phi) is 5.78. The quantitative estimate of drug-likeness (QED) is 0.909. The van der Waals surface area contributed by atoms with Crippen LogP contribution in [-0.2, 0) is 11.0 Å². The Morgan fingerprint density at radius 3 is 2.48 bits per heavy atom. The van der Waals surface area contributed by atoms with Gasteiger partial charge in [-0.05, 0) is 24.5 Å². The average molecular weight is 302 g/mol. The van der Waals surface area contributed by atoms with E-state index in [4.69, 9.17) is 5.73 Å². The van der Waals surface area contributed by atoms with E-state index >= 15 is 0 Å². The Morgan fingerprint density at radius 1 is 1.33 bits per heavy atom. The number of hydrogen-bond acceptors (Lipinski definition) is 2. The monoisotopic (exact) mass is 302 g/mol. The van der Waals surface area contributed by atoms with Gasteiger partial charge in [-0.3, -0.25) is 4.79 Å². The number of alkyl halides is 3. The predicted octanol–water partition coefficient (Wildman–Crippen LogP) is 3.00. The van der Waals surface area contributed by atoms with Crippen LogP contribution in [-0.4, -0.2) is 30.4 Å². The largest absolute Gasteiger partial charge is 0.416 e. The van der Waals surface area contributed by atoms with Crippen LogP contribution in [0.4, 0.5) is 13.2 Å². The number of hydrogen-bond donors (Lipinski definition) is 1. The zero-order chi connectivity index (χ0) is 16.2. The van der Waals surface area contributed by atoms with Crippen LogP contribution in [0.2, 0.25) is 0 Å². The van der Waals surface area contributed by atoms with E-state index in [1.54, 1.807) is 20.0 Å². The second kappa shape index (κ2) is 6.93. The SMILES string of the molecule is CC(CC(=O)N(C)C(C)CN)c1cccc(C(F)(F)F)c1. The molecule has 0 radical (unpaired) electrons. The van der Waals surface area contributed by atoms with E-state index < -0.39 is 11.7 Å². The number of halogens is 3. The molecule has 118 valence electrons. The summed E-state index contributed by atoms with van der Waals surface area (Å²) in [5.74, 6) is -0.412. The number of amides is 1. The second-order valence-electron chi connectivity index (χ2n) is 5.32. The topological polar surface area (TPSA) is 46.3 Å². The highest BCUT2D eigenvalue weighted by Gasteiger charge is 2.31. The molecule has 3 nitrogen and oxygen atoms in total. The van der Waals surface area contributed by atoms with Crippen molar-refractivity contribution in [3.63, 3.8) is 0 Å². The molecule has 21 heavy (non-hydrogen) atoms. The van der Waals surface area contributed by atoms with E-state index in [0.717, 1.165) is 12.1 Å². The Hall–Kier alpha value is -1.56. The molecule has 1 aromatic rings. The number of carbonyl (C=O) groups is 1. The van der Waals surface area contributed by atoms with Gasteiger partial charge in [-0.2, -0.15) is 13.2 Å². The van der Waals surface area contributed by atoms with E-state index in [1.165, 1.54) is 11.0 Å². The molecule has 6 heteroatoms. The average Bonchev–Trinajstić information content (AvgIpc) is 2.44. The first-order chi connectivity index (χ1) is 9.66. The summed E-state index contributed by atoms with van der Waals surface area (Å²) in [6.07, 6.45) is -4.22. The summed E-state index contributed by atoms with van der Waals surface area (Å²) in [5, 5.41) is 0. The molecule has 2 N–H and O–H groups in total. The summed E-state index contributed by atoms with van der Waals surface area (Å²) in [4.78, 5) is 13.6. The molecule has 0 aromatic heterocycles. The summed E-state index contributed by atoms with van der Waals surface area (Å²) >= 11 is 0. The number of rotatable bonds is 5. The minimum absolute atomic E-state index is 0.0915. The van der Waals surface area contributed by atoms with Gasteiger partial charge < -0.3 is 10.6 Å². The third-order valence-corrected chi connectivity index (χ3v) is 3.66. The fourth-order valence-electron chi connectivity index (χ4n) is 1.95. The number of likely N-dealkylation sites (N-methyl/N-ethyl adjacent to an activating group) is 1. The maximum atomic E-state index is 12.7. The fraction of sp³-hybridized carbons (Fsp3) is 0.533. The molecule has 0 saturated carbocycles. The lowest BCUT2D eigenvalue weighted by molar-refractivity contribution is -0.137. The minimum atomic E-state index is -4.37. The number of benzene rings is 1. The van der Waals surface area contributed by atoms with Crippen LogP contribution >= 0.6 is 0 Å². The highest BCUT2D eigenvalue weighted by molar-refractivity contribution is 5.77. The Bertz CT molecular complexity index is 488. The lowest BCUT2D eigenvalue weighted by Gasteiger charge is -2.25. The smallest absolute Gasteiger partial charge is 0.342 e. The van der Waals surface area contributed by atoms with Gasteiger partial charge in [0.05, 0.1) is 5.56 Å². The number of nitrogens with two attached hydrogens (primary N) is 1. The Morgan fingerprint density at radius 2 is 1.95 bits per heavy atom. The first-order valence-corrected chi connectivity index (χ1v) is 6.79. The summed E-state index contributed by atoms with van der Waals surface area (Å²) < 4.78 is 38.1. The third-order valence-electron chi connectivity index (χ3n) is 3.66. The molecular formula is C15H21F3N2O. The van der Waals surface area contributed by atoms with Gasteiger partial charge in [0, 0.05) is 26.1 Å². The minimum Gasteiger partial charge on any atom is -0.342 e. The molecule has 0 aliphatic carbocycles. The molecule has 1 aromatic carbocycles. The predicted molar refractivity (Wildman–Crippen MR) is 75.8 cm³/mol. The maximum absolute atomic E-state index is 12.7. The van der Waals surface area contributed by atoms with Crippen LogP contribution in [0.25, 0.3) is 0 Å².